The van der Waals surface area contributed by atoms with E-state index in [1.165, 1.54) is 11.1 Å². The number of aromatic nitrogens is 2. The summed E-state index contributed by atoms with van der Waals surface area (Å²) in [6.45, 7) is 6.62. The average molecular weight is 505 g/mol. The first-order chi connectivity index (χ1) is 17.0. The summed E-state index contributed by atoms with van der Waals surface area (Å²) in [6, 6.07) is 24.9. The summed E-state index contributed by atoms with van der Waals surface area (Å²) in [5.74, 6) is -0.143. The molecule has 1 aromatic heterocycles. The Kier molecular flexibility index (Phi) is 7.97. The molecular formula is C29H33ClN4O2. The van der Waals surface area contributed by atoms with E-state index in [4.69, 9.17) is 4.74 Å². The van der Waals surface area contributed by atoms with Crippen molar-refractivity contribution in [2.45, 2.75) is 32.9 Å². The molecule has 7 heteroatoms. The van der Waals surface area contributed by atoms with Gasteiger partial charge in [-0.15, -0.1) is 0 Å². The summed E-state index contributed by atoms with van der Waals surface area (Å²) in [7, 11) is 0. The maximum absolute atomic E-state index is 12.6. The number of ether oxygens (including phenoxy) is 1. The largest absolute Gasteiger partial charge is 1.00 e. The average Bonchev–Trinajstić information content (AvgIpc) is 3.09. The molecule has 3 N–H and O–H groups in total. The Morgan fingerprint density at radius 3 is 2.11 bits per heavy atom. The molecular weight excluding hydrogens is 472 g/mol. The molecule has 36 heavy (non-hydrogen) atoms. The molecule has 188 valence electrons. The Hall–Kier alpha value is -3.35. The molecule has 0 spiro atoms. The first kappa shape index (κ1) is 25.7. The molecule has 0 radical (unpaired) electrons. The van der Waals surface area contributed by atoms with Crippen molar-refractivity contribution in [3.05, 3.63) is 101 Å². The van der Waals surface area contributed by atoms with E-state index in [1.54, 1.807) is 0 Å². The molecule has 1 aliphatic heterocycles. The van der Waals surface area contributed by atoms with Crippen molar-refractivity contribution in [1.29, 1.82) is 5.41 Å². The highest BCUT2D eigenvalue weighted by Gasteiger charge is 2.32. The minimum absolute atomic E-state index is 0. The second kappa shape index (κ2) is 11.1. The third-order valence-electron chi connectivity index (χ3n) is 6.99. The van der Waals surface area contributed by atoms with Gasteiger partial charge in [0, 0.05) is 0 Å². The monoisotopic (exact) mass is 504 g/mol. The standard InChI is InChI=1S/C29H32N4O2.ClH/c1-20-7-11-22(12-8-20)15-25(19-35-28(34)24-16-31-17-24)33-27-6-4-3-5-26(27)32(29(33)30)18-23-13-9-21(2)10-14-23;/h3-14,24-25,30-31H,15-19H2,1-2H3;1H. The zero-order valence-corrected chi connectivity index (χ0v) is 21.5. The van der Waals surface area contributed by atoms with Gasteiger partial charge in [-0.3, -0.25) is 10.2 Å². The van der Waals surface area contributed by atoms with E-state index in [2.05, 4.69) is 79.8 Å². The van der Waals surface area contributed by atoms with Crippen molar-refractivity contribution in [2.24, 2.45) is 5.92 Å². The van der Waals surface area contributed by atoms with E-state index in [0.29, 0.717) is 18.6 Å². The number of nitrogens with zero attached hydrogens (tertiary/aromatic N) is 2. The first-order valence-corrected chi connectivity index (χ1v) is 12.3. The molecule has 3 aromatic carbocycles. The van der Waals surface area contributed by atoms with Crippen LogP contribution in [0, 0.1) is 25.2 Å². The summed E-state index contributed by atoms with van der Waals surface area (Å²) in [5, 5.41) is 11.3. The third-order valence-corrected chi connectivity index (χ3v) is 6.99. The molecule has 1 unspecified atom stereocenters. The van der Waals surface area contributed by atoms with Gasteiger partial charge in [-0.1, -0.05) is 71.8 Å². The lowest BCUT2D eigenvalue weighted by molar-refractivity contribution is -0.717. The summed E-state index contributed by atoms with van der Waals surface area (Å²) in [5.41, 5.74) is 7.15. The van der Waals surface area contributed by atoms with Crippen molar-refractivity contribution in [3.8, 4) is 0 Å². The second-order valence-corrected chi connectivity index (χ2v) is 9.68. The molecule has 0 aliphatic carbocycles. The quantitative estimate of drug-likeness (QED) is 0.334. The number of imidazole rings is 1. The zero-order valence-electron chi connectivity index (χ0n) is 20.8. The van der Waals surface area contributed by atoms with Gasteiger partial charge in [0.25, 0.3) is 0 Å². The number of fused-ring (bicyclic) bond motifs is 1. The molecule has 5 rings (SSSR count). The molecule has 4 aromatic rings. The molecule has 1 fully saturated rings. The van der Waals surface area contributed by atoms with Crippen LogP contribution < -0.4 is 23.3 Å². The molecule has 6 nitrogen and oxygen atoms in total. The van der Waals surface area contributed by atoms with Crippen LogP contribution in [0.1, 0.15) is 28.3 Å². The van der Waals surface area contributed by atoms with Crippen LogP contribution in [-0.2, 0) is 22.5 Å². The van der Waals surface area contributed by atoms with Crippen molar-refractivity contribution in [3.63, 3.8) is 0 Å². The number of carbonyl (C=O) groups is 1. The number of aryl methyl sites for hydroxylation is 2. The Morgan fingerprint density at radius 2 is 1.53 bits per heavy atom. The maximum Gasteiger partial charge on any atom is 0.320 e. The van der Waals surface area contributed by atoms with Gasteiger partial charge in [0.1, 0.15) is 6.61 Å². The molecule has 0 amide bonds. The Morgan fingerprint density at radius 1 is 0.944 bits per heavy atom. The number of quaternary nitrogens is 1. The predicted octanol–water partition coefficient (Wildman–Crippen LogP) is 0.112. The Balaban J connectivity index is 0.00000304. The Bertz CT molecular complexity index is 1390. The number of para-hydroxylation sites is 2. The third kappa shape index (κ3) is 5.40. The van der Waals surface area contributed by atoms with Crippen LogP contribution in [0.2, 0.25) is 0 Å². The van der Waals surface area contributed by atoms with Crippen LogP contribution in [0.5, 0.6) is 0 Å². The minimum Gasteiger partial charge on any atom is -1.00 e. The topological polar surface area (TPSA) is 76.6 Å². The first-order valence-electron chi connectivity index (χ1n) is 12.3. The van der Waals surface area contributed by atoms with E-state index in [9.17, 15) is 10.2 Å². The molecule has 1 saturated heterocycles. The number of halogens is 1. The normalized spacial score (nSPS) is 14.2. The SMILES string of the molecule is Cc1ccc(CC(COC(=O)C2C[NH2+]C2)n2c(=N)n(Cc3ccc(C)cc3)c3ccccc32)cc1.[Cl-]. The highest BCUT2D eigenvalue weighted by Crippen LogP contribution is 2.23. The van der Waals surface area contributed by atoms with E-state index in [0.717, 1.165) is 35.2 Å². The fraction of sp³-hybridized carbons (Fsp3) is 0.310. The van der Waals surface area contributed by atoms with Crippen LogP contribution in [0.15, 0.2) is 72.8 Å². The van der Waals surface area contributed by atoms with Gasteiger partial charge in [-0.2, -0.15) is 0 Å². The van der Waals surface area contributed by atoms with E-state index in [1.807, 2.05) is 21.3 Å². The predicted molar refractivity (Wildman–Crippen MR) is 136 cm³/mol. The van der Waals surface area contributed by atoms with Crippen LogP contribution in [0.25, 0.3) is 11.0 Å². The smallest absolute Gasteiger partial charge is 0.320 e. The molecule has 2 heterocycles. The molecule has 0 saturated carbocycles. The van der Waals surface area contributed by atoms with Crippen molar-refractivity contribution < 1.29 is 27.3 Å². The zero-order chi connectivity index (χ0) is 24.4. The minimum atomic E-state index is -0.178. The Labute approximate surface area is 217 Å². The second-order valence-electron chi connectivity index (χ2n) is 9.68. The highest BCUT2D eigenvalue weighted by molar-refractivity contribution is 5.76. The van der Waals surface area contributed by atoms with Crippen LogP contribution >= 0.6 is 0 Å². The van der Waals surface area contributed by atoms with E-state index >= 15 is 0 Å². The van der Waals surface area contributed by atoms with Gasteiger partial charge < -0.3 is 31.6 Å². The molecule has 1 aliphatic rings. The van der Waals surface area contributed by atoms with Crippen molar-refractivity contribution in [1.82, 2.24) is 9.13 Å². The van der Waals surface area contributed by atoms with Gasteiger partial charge in [-0.25, -0.2) is 0 Å². The van der Waals surface area contributed by atoms with Crippen molar-refractivity contribution in [2.75, 3.05) is 19.7 Å². The van der Waals surface area contributed by atoms with E-state index in [-0.39, 0.29) is 36.9 Å². The lowest BCUT2D eigenvalue weighted by Crippen LogP contribution is -3.00. The summed E-state index contributed by atoms with van der Waals surface area (Å²) in [4.78, 5) is 12.6. The number of nitrogens with two attached hydrogens (primary N) is 1. The number of rotatable bonds is 8. The summed E-state index contributed by atoms with van der Waals surface area (Å²) in [6.07, 6.45) is 0.680. The number of carbonyl (C=O) groups excluding carboxylic acids is 1. The van der Waals surface area contributed by atoms with Gasteiger partial charge >= 0.3 is 5.97 Å². The van der Waals surface area contributed by atoms with Crippen LogP contribution in [-0.4, -0.2) is 34.8 Å². The van der Waals surface area contributed by atoms with Crippen LogP contribution in [0.3, 0.4) is 0 Å². The number of nitrogens with one attached hydrogen (secondary N) is 1. The summed E-state index contributed by atoms with van der Waals surface area (Å²) < 4.78 is 9.92. The number of esters is 1. The lowest BCUT2D eigenvalue weighted by Gasteiger charge is -2.24. The van der Waals surface area contributed by atoms with Gasteiger partial charge in [0.05, 0.1) is 36.7 Å². The molecule has 1 atom stereocenters. The fourth-order valence-corrected chi connectivity index (χ4v) is 4.70. The lowest BCUT2D eigenvalue weighted by atomic mass is 10.0. The highest BCUT2D eigenvalue weighted by atomic mass is 35.5. The molecule has 0 bridgehead atoms. The maximum atomic E-state index is 12.6. The number of hydrogen-bond donors (Lipinski definition) is 2. The van der Waals surface area contributed by atoms with E-state index < -0.39 is 0 Å². The van der Waals surface area contributed by atoms with Crippen molar-refractivity contribution >= 4 is 17.0 Å². The van der Waals surface area contributed by atoms with Gasteiger partial charge in [0.2, 0.25) is 5.62 Å². The number of benzene rings is 3. The number of hydrogen-bond acceptors (Lipinski definition) is 3. The fourth-order valence-electron chi connectivity index (χ4n) is 4.70. The van der Waals surface area contributed by atoms with Gasteiger partial charge in [0.15, 0.2) is 5.92 Å². The van der Waals surface area contributed by atoms with Gasteiger partial charge in [-0.05, 0) is 43.5 Å². The summed E-state index contributed by atoms with van der Waals surface area (Å²) >= 11 is 0. The van der Waals surface area contributed by atoms with Crippen LogP contribution in [0.4, 0.5) is 0 Å².